The molecule has 1 aliphatic rings. The minimum absolute atomic E-state index is 0. The minimum Gasteiger partial charge on any atom is -0.459 e. The Kier molecular flexibility index (Phi) is 6.22. The van der Waals surface area contributed by atoms with Crippen molar-refractivity contribution in [2.24, 2.45) is 7.05 Å². The third-order valence-corrected chi connectivity index (χ3v) is 4.15. The predicted octanol–water partition coefficient (Wildman–Crippen LogP) is 0.726. The Bertz CT molecular complexity index is 715. The molecule has 0 radical (unpaired) electrons. The fourth-order valence-electron chi connectivity index (χ4n) is 2.88. The van der Waals surface area contributed by atoms with Crippen LogP contribution in [0.5, 0.6) is 0 Å². The highest BCUT2D eigenvalue weighted by molar-refractivity contribution is 5.95. The minimum atomic E-state index is -0.650. The molecule has 25 heavy (non-hydrogen) atoms. The van der Waals surface area contributed by atoms with Crippen molar-refractivity contribution >= 4 is 24.2 Å². The summed E-state index contributed by atoms with van der Waals surface area (Å²) in [7, 11) is 1.90. The van der Waals surface area contributed by atoms with E-state index in [0.29, 0.717) is 19.6 Å². The normalized spacial score (nSPS) is 18.3. The number of carbonyl (C=O) groups is 2. The van der Waals surface area contributed by atoms with E-state index < -0.39 is 11.9 Å². The predicted molar refractivity (Wildman–Crippen MR) is 93.4 cm³/mol. The Hall–Kier alpha value is -2.32. The third-order valence-electron chi connectivity index (χ3n) is 4.15. The van der Waals surface area contributed by atoms with Crippen LogP contribution in [-0.2, 0) is 11.8 Å². The number of piperazine rings is 1. The fraction of sp³-hybridized carbons (Fsp3) is 0.438. The van der Waals surface area contributed by atoms with E-state index in [1.54, 1.807) is 30.2 Å². The van der Waals surface area contributed by atoms with Crippen LogP contribution < -0.4 is 10.6 Å². The molecule has 1 saturated heterocycles. The number of aryl methyl sites for hydroxylation is 1. The molecule has 0 aliphatic carbocycles. The lowest BCUT2D eigenvalue weighted by molar-refractivity contribution is -0.136. The van der Waals surface area contributed by atoms with Gasteiger partial charge in [0.25, 0.3) is 5.91 Å². The molecule has 2 unspecified atom stereocenters. The largest absolute Gasteiger partial charge is 0.459 e. The molecule has 0 spiro atoms. The van der Waals surface area contributed by atoms with Gasteiger partial charge in [-0.3, -0.25) is 9.59 Å². The first-order valence-corrected chi connectivity index (χ1v) is 7.90. The molecule has 0 saturated carbocycles. The van der Waals surface area contributed by atoms with Crippen molar-refractivity contribution in [2.45, 2.75) is 19.0 Å². The van der Waals surface area contributed by atoms with Crippen molar-refractivity contribution in [1.29, 1.82) is 0 Å². The highest BCUT2D eigenvalue weighted by atomic mass is 35.5. The van der Waals surface area contributed by atoms with Gasteiger partial charge in [0.1, 0.15) is 17.9 Å². The zero-order valence-electron chi connectivity index (χ0n) is 14.1. The van der Waals surface area contributed by atoms with Gasteiger partial charge in [-0.15, -0.1) is 12.4 Å². The first kappa shape index (κ1) is 19.0. The number of nitrogens with one attached hydrogen (secondary N) is 2. The Morgan fingerprint density at radius 1 is 1.48 bits per heavy atom. The Morgan fingerprint density at radius 2 is 2.28 bits per heavy atom. The van der Waals surface area contributed by atoms with Gasteiger partial charge in [-0.25, -0.2) is 4.98 Å². The molecule has 1 aliphatic heterocycles. The SMILES string of the molecule is CC(NC(=O)c1ccco1)C(=O)N1CCNCC1c1nccn1C.Cl. The summed E-state index contributed by atoms with van der Waals surface area (Å²) >= 11 is 0. The molecule has 136 valence electrons. The second-order valence-electron chi connectivity index (χ2n) is 5.82. The molecule has 2 amide bonds. The fourth-order valence-corrected chi connectivity index (χ4v) is 2.88. The topological polar surface area (TPSA) is 92.4 Å². The van der Waals surface area contributed by atoms with E-state index in [-0.39, 0.29) is 30.1 Å². The summed E-state index contributed by atoms with van der Waals surface area (Å²) in [6, 6.07) is 2.39. The van der Waals surface area contributed by atoms with E-state index in [1.165, 1.54) is 6.26 Å². The highest BCUT2D eigenvalue weighted by Crippen LogP contribution is 2.21. The summed E-state index contributed by atoms with van der Waals surface area (Å²) in [6.45, 7) is 3.60. The van der Waals surface area contributed by atoms with Gasteiger partial charge >= 0.3 is 0 Å². The molecule has 0 aromatic carbocycles. The van der Waals surface area contributed by atoms with Crippen LogP contribution in [0.4, 0.5) is 0 Å². The first-order valence-electron chi connectivity index (χ1n) is 7.90. The molecule has 2 aromatic rings. The van der Waals surface area contributed by atoms with Crippen molar-refractivity contribution in [3.8, 4) is 0 Å². The Balaban J connectivity index is 0.00000225. The lowest BCUT2D eigenvalue weighted by atomic mass is 10.1. The third kappa shape index (κ3) is 4.02. The van der Waals surface area contributed by atoms with Crippen LogP contribution in [0.3, 0.4) is 0 Å². The number of imidazole rings is 1. The van der Waals surface area contributed by atoms with E-state index in [2.05, 4.69) is 15.6 Å². The molecule has 9 heteroatoms. The van der Waals surface area contributed by atoms with Crippen LogP contribution in [0.25, 0.3) is 0 Å². The average molecular weight is 368 g/mol. The van der Waals surface area contributed by atoms with Crippen LogP contribution in [0.1, 0.15) is 29.3 Å². The Labute approximate surface area is 152 Å². The molecule has 2 aromatic heterocycles. The van der Waals surface area contributed by atoms with Crippen molar-refractivity contribution < 1.29 is 14.0 Å². The number of amides is 2. The van der Waals surface area contributed by atoms with E-state index in [1.807, 2.05) is 17.8 Å². The summed E-state index contributed by atoms with van der Waals surface area (Å²) in [4.78, 5) is 31.0. The van der Waals surface area contributed by atoms with E-state index >= 15 is 0 Å². The van der Waals surface area contributed by atoms with Crippen molar-refractivity contribution in [3.05, 3.63) is 42.4 Å². The van der Waals surface area contributed by atoms with E-state index in [9.17, 15) is 9.59 Å². The molecule has 2 atom stereocenters. The summed E-state index contributed by atoms with van der Waals surface area (Å²) in [5, 5.41) is 5.98. The van der Waals surface area contributed by atoms with Gasteiger partial charge in [0.2, 0.25) is 5.91 Å². The number of aromatic nitrogens is 2. The number of halogens is 1. The summed E-state index contributed by atoms with van der Waals surface area (Å²) in [6.07, 6.45) is 5.00. The lowest BCUT2D eigenvalue weighted by Gasteiger charge is -2.37. The van der Waals surface area contributed by atoms with Crippen molar-refractivity contribution in [2.75, 3.05) is 19.6 Å². The smallest absolute Gasteiger partial charge is 0.287 e. The van der Waals surface area contributed by atoms with E-state index in [4.69, 9.17) is 4.42 Å². The monoisotopic (exact) mass is 367 g/mol. The van der Waals surface area contributed by atoms with Gasteiger partial charge in [-0.1, -0.05) is 0 Å². The van der Waals surface area contributed by atoms with Crippen LogP contribution in [0, 0.1) is 0 Å². The second kappa shape index (κ2) is 8.17. The zero-order valence-corrected chi connectivity index (χ0v) is 15.0. The van der Waals surface area contributed by atoms with Gasteiger partial charge in [-0.05, 0) is 19.1 Å². The number of hydrogen-bond acceptors (Lipinski definition) is 5. The quantitative estimate of drug-likeness (QED) is 0.831. The lowest BCUT2D eigenvalue weighted by Crippen LogP contribution is -2.54. The van der Waals surface area contributed by atoms with Gasteiger partial charge in [0.05, 0.1) is 6.26 Å². The van der Waals surface area contributed by atoms with E-state index in [0.717, 1.165) is 5.82 Å². The molecule has 2 N–H and O–H groups in total. The molecular weight excluding hydrogens is 346 g/mol. The Morgan fingerprint density at radius 3 is 2.92 bits per heavy atom. The molecular formula is C16H22ClN5O3. The number of hydrogen-bond donors (Lipinski definition) is 2. The average Bonchev–Trinajstić information content (AvgIpc) is 3.25. The maximum Gasteiger partial charge on any atom is 0.287 e. The summed E-state index contributed by atoms with van der Waals surface area (Å²) in [5.41, 5.74) is 0. The highest BCUT2D eigenvalue weighted by Gasteiger charge is 2.33. The molecule has 0 bridgehead atoms. The van der Waals surface area contributed by atoms with Crippen molar-refractivity contribution in [3.63, 3.8) is 0 Å². The number of rotatable bonds is 4. The van der Waals surface area contributed by atoms with Gasteiger partial charge in [0, 0.05) is 39.1 Å². The number of nitrogens with zero attached hydrogens (tertiary/aromatic N) is 3. The molecule has 1 fully saturated rings. The van der Waals surface area contributed by atoms with Crippen LogP contribution >= 0.6 is 12.4 Å². The maximum absolute atomic E-state index is 12.8. The summed E-state index contributed by atoms with van der Waals surface area (Å²) in [5.74, 6) is 0.477. The molecule has 3 heterocycles. The molecule has 8 nitrogen and oxygen atoms in total. The second-order valence-corrected chi connectivity index (χ2v) is 5.82. The van der Waals surface area contributed by atoms with Gasteiger partial charge < -0.3 is 24.5 Å². The standard InChI is InChI=1S/C16H21N5O3.ClH/c1-11(19-15(22)13-4-3-9-24-13)16(23)21-8-5-17-10-12(21)14-18-6-7-20(14)2;/h3-4,6-7,9,11-12,17H,5,8,10H2,1-2H3,(H,19,22);1H. The summed E-state index contributed by atoms with van der Waals surface area (Å²) < 4.78 is 6.96. The van der Waals surface area contributed by atoms with Crippen LogP contribution in [-0.4, -0.2) is 51.9 Å². The van der Waals surface area contributed by atoms with Gasteiger partial charge in [-0.2, -0.15) is 0 Å². The van der Waals surface area contributed by atoms with Crippen molar-refractivity contribution in [1.82, 2.24) is 25.1 Å². The zero-order chi connectivity index (χ0) is 17.1. The first-order chi connectivity index (χ1) is 11.6. The maximum atomic E-state index is 12.8. The van der Waals surface area contributed by atoms with Gasteiger partial charge in [0.15, 0.2) is 5.76 Å². The molecule has 3 rings (SSSR count). The van der Waals surface area contributed by atoms with Crippen LogP contribution in [0.15, 0.2) is 35.2 Å². The van der Waals surface area contributed by atoms with Crippen LogP contribution in [0.2, 0.25) is 0 Å². The number of furan rings is 1. The number of carbonyl (C=O) groups excluding carboxylic acids is 2.